The maximum atomic E-state index is 13.8. The minimum Gasteiger partial charge on any atom is -0.448 e. The smallest absolute Gasteiger partial charge is 0.356 e. The van der Waals surface area contributed by atoms with E-state index in [4.69, 9.17) is 15.3 Å². The quantitative estimate of drug-likeness (QED) is 0.0799. The fraction of sp³-hybridized carbons (Fsp3) is 0.259. The molecule has 1 saturated heterocycles. The molecule has 0 radical (unpaired) electrons. The number of nitrogens with zero attached hydrogens (tertiary/aromatic N) is 4. The maximum Gasteiger partial charge on any atom is 0.356 e. The van der Waals surface area contributed by atoms with Crippen molar-refractivity contribution in [2.45, 2.75) is 24.4 Å². The number of fused-ring (bicyclic) bond motifs is 1. The van der Waals surface area contributed by atoms with Gasteiger partial charge in [0.25, 0.3) is 11.8 Å². The molecule has 0 spiro atoms. The van der Waals surface area contributed by atoms with Crippen LogP contribution in [0.5, 0.6) is 0 Å². The number of esters is 1. The first-order valence-electron chi connectivity index (χ1n) is 12.7. The number of benzene rings is 2. The van der Waals surface area contributed by atoms with Crippen LogP contribution in [0.2, 0.25) is 0 Å². The van der Waals surface area contributed by atoms with Crippen LogP contribution in [0.25, 0.3) is 0 Å². The lowest BCUT2D eigenvalue weighted by Gasteiger charge is -2.49. The minimum atomic E-state index is -1.61. The zero-order valence-corrected chi connectivity index (χ0v) is 25.9. The van der Waals surface area contributed by atoms with Gasteiger partial charge in [0.1, 0.15) is 23.7 Å². The van der Waals surface area contributed by atoms with Crippen molar-refractivity contribution in [1.82, 2.24) is 19.6 Å². The van der Waals surface area contributed by atoms with Crippen LogP contribution in [-0.2, 0) is 34.8 Å². The molecule has 0 saturated carbocycles. The second-order valence-corrected chi connectivity index (χ2v) is 12.2. The molecule has 3 heterocycles. The molecule has 0 bridgehead atoms. The van der Waals surface area contributed by atoms with Crippen molar-refractivity contribution in [1.29, 1.82) is 0 Å². The number of hydrogen-bond donors (Lipinski definition) is 2. The van der Waals surface area contributed by atoms with Gasteiger partial charge in [-0.3, -0.25) is 18.7 Å². The van der Waals surface area contributed by atoms with Crippen LogP contribution in [0.4, 0.5) is 5.13 Å². The molecule has 2 amide bonds. The van der Waals surface area contributed by atoms with Crippen LogP contribution >= 0.6 is 34.1 Å². The number of carbonyl (C=O) groups excluding carboxylic acids is 3. The highest BCUT2D eigenvalue weighted by molar-refractivity contribution is 14.1. The van der Waals surface area contributed by atoms with Gasteiger partial charge in [0, 0.05) is 16.0 Å². The standard InChI is InChI=1S/C27H25IN6O6S2/c1-2-39-32-18(22-31-27(29)41-33-22)23(35)30-19-24(36)34-20(17(13-28)14-42(38)25(19)34)26(37)40-21(15-9-5-3-6-10-15)16-11-7-4-8-12-16/h3-12,19,21,25H,2,13-14H2,1H3,(H,30,35)(H2,29,31,33)/t19?,25-,42?/m1/s1. The number of anilines is 1. The van der Waals surface area contributed by atoms with E-state index in [9.17, 15) is 18.6 Å². The highest BCUT2D eigenvalue weighted by Gasteiger charge is 2.57. The average Bonchev–Trinajstić information content (AvgIpc) is 3.44. The van der Waals surface area contributed by atoms with Crippen LogP contribution in [-0.4, -0.2) is 70.2 Å². The van der Waals surface area contributed by atoms with E-state index in [-0.39, 0.29) is 34.7 Å². The van der Waals surface area contributed by atoms with Crippen LogP contribution in [0.15, 0.2) is 77.1 Å². The number of halogens is 1. The summed E-state index contributed by atoms with van der Waals surface area (Å²) in [4.78, 5) is 50.6. The van der Waals surface area contributed by atoms with Crippen molar-refractivity contribution in [3.05, 3.63) is 88.9 Å². The molecule has 3 aromatic rings. The SMILES string of the molecule is CCON=C(C(=O)NC1C(=O)N2C(C(=O)OC(c3ccccc3)c3ccccc3)=C(CI)CS(=O)[C@H]12)c1nsc(N)n1. The second-order valence-electron chi connectivity index (χ2n) is 9.08. The Morgan fingerprint density at radius 2 is 1.83 bits per heavy atom. The molecule has 42 heavy (non-hydrogen) atoms. The first-order chi connectivity index (χ1) is 20.3. The Morgan fingerprint density at radius 1 is 1.19 bits per heavy atom. The summed E-state index contributed by atoms with van der Waals surface area (Å²) in [5.74, 6) is -2.16. The number of alkyl halides is 1. The summed E-state index contributed by atoms with van der Waals surface area (Å²) in [5.41, 5.74) is 7.44. The van der Waals surface area contributed by atoms with Gasteiger partial charge in [-0.05, 0) is 23.6 Å². The van der Waals surface area contributed by atoms with E-state index in [0.29, 0.717) is 10.0 Å². The number of aromatic nitrogens is 2. The summed E-state index contributed by atoms with van der Waals surface area (Å²) in [6.07, 6.45) is -0.740. The first kappa shape index (κ1) is 29.8. The van der Waals surface area contributed by atoms with Crippen molar-refractivity contribution < 1.29 is 28.2 Å². The molecule has 2 aliphatic heterocycles. The number of nitrogens with two attached hydrogens (primary N) is 1. The number of rotatable bonds is 10. The highest BCUT2D eigenvalue weighted by Crippen LogP contribution is 2.37. The summed E-state index contributed by atoms with van der Waals surface area (Å²) in [6.45, 7) is 1.85. The molecule has 15 heteroatoms. The number of β-lactam (4-membered cyclic amide) rings is 1. The molecule has 2 unspecified atom stereocenters. The van der Waals surface area contributed by atoms with E-state index in [1.165, 1.54) is 4.90 Å². The Bertz CT molecular complexity index is 1540. The summed E-state index contributed by atoms with van der Waals surface area (Å²) in [6, 6.07) is 17.3. The molecule has 218 valence electrons. The molecule has 1 aromatic heterocycles. The molecule has 3 N–H and O–H groups in total. The zero-order chi connectivity index (χ0) is 29.8. The van der Waals surface area contributed by atoms with Crippen molar-refractivity contribution in [3.8, 4) is 0 Å². The summed E-state index contributed by atoms with van der Waals surface area (Å²) < 4.78 is 23.7. The van der Waals surface area contributed by atoms with E-state index in [2.05, 4.69) is 42.4 Å². The molecular formula is C27H25IN6O6S2. The lowest BCUT2D eigenvalue weighted by molar-refractivity contribution is -0.154. The third-order valence-electron chi connectivity index (χ3n) is 6.43. The second kappa shape index (κ2) is 13.1. The largest absolute Gasteiger partial charge is 0.448 e. The molecular weight excluding hydrogens is 695 g/mol. The number of carbonyl (C=O) groups is 3. The van der Waals surface area contributed by atoms with Gasteiger partial charge in [-0.2, -0.15) is 9.36 Å². The number of hydrogen-bond acceptors (Lipinski definition) is 11. The third kappa shape index (κ3) is 5.94. The third-order valence-corrected chi connectivity index (χ3v) is 9.55. The monoisotopic (exact) mass is 720 g/mol. The molecule has 3 atom stereocenters. The van der Waals surface area contributed by atoms with Gasteiger partial charge in [0.05, 0.1) is 16.6 Å². The predicted octanol–water partition coefficient (Wildman–Crippen LogP) is 2.30. The molecule has 1 fully saturated rings. The fourth-order valence-electron chi connectivity index (χ4n) is 4.55. The van der Waals surface area contributed by atoms with Crippen molar-refractivity contribution in [2.24, 2.45) is 5.16 Å². The van der Waals surface area contributed by atoms with Crippen molar-refractivity contribution in [3.63, 3.8) is 0 Å². The van der Waals surface area contributed by atoms with Crippen molar-refractivity contribution >= 4 is 73.5 Å². The number of nitrogens with one attached hydrogen (secondary N) is 1. The van der Waals surface area contributed by atoms with Gasteiger partial charge in [-0.1, -0.05) is 88.4 Å². The maximum absolute atomic E-state index is 13.8. The van der Waals surface area contributed by atoms with E-state index >= 15 is 0 Å². The van der Waals surface area contributed by atoms with Gasteiger partial charge in [0.15, 0.2) is 11.2 Å². The summed E-state index contributed by atoms with van der Waals surface area (Å²) >= 11 is 2.93. The van der Waals surface area contributed by atoms with Gasteiger partial charge in [-0.15, -0.1) is 0 Å². The summed E-state index contributed by atoms with van der Waals surface area (Å²) in [7, 11) is -1.61. The van der Waals surface area contributed by atoms with Crippen LogP contribution in [0.1, 0.15) is 30.0 Å². The molecule has 12 nitrogen and oxygen atoms in total. The lowest BCUT2D eigenvalue weighted by atomic mass is 10.0. The first-order valence-corrected chi connectivity index (χ1v) is 16.4. The number of oxime groups is 1. The highest BCUT2D eigenvalue weighted by atomic mass is 127. The Balaban J connectivity index is 1.41. The molecule has 5 rings (SSSR count). The summed E-state index contributed by atoms with van der Waals surface area (Å²) in [5, 5.41) is 5.49. The molecule has 0 aliphatic carbocycles. The van der Waals surface area contributed by atoms with Gasteiger partial charge in [0.2, 0.25) is 11.5 Å². The number of nitrogen functional groups attached to an aromatic ring is 1. The predicted molar refractivity (Wildman–Crippen MR) is 165 cm³/mol. The van der Waals surface area contributed by atoms with Gasteiger partial charge >= 0.3 is 5.97 Å². The topological polar surface area (TPSA) is 166 Å². The number of ether oxygens (including phenoxy) is 1. The van der Waals surface area contributed by atoms with Crippen molar-refractivity contribution in [2.75, 3.05) is 22.5 Å². The average molecular weight is 721 g/mol. The van der Waals surface area contributed by atoms with E-state index in [1.807, 2.05) is 60.7 Å². The Kier molecular flexibility index (Phi) is 9.27. The van der Waals surface area contributed by atoms with Gasteiger partial charge in [-0.25, -0.2) is 4.79 Å². The van der Waals surface area contributed by atoms with E-state index in [0.717, 1.165) is 22.7 Å². The lowest BCUT2D eigenvalue weighted by Crippen LogP contribution is -2.74. The van der Waals surface area contributed by atoms with E-state index in [1.54, 1.807) is 6.92 Å². The normalized spacial score (nSPS) is 20.2. The van der Waals surface area contributed by atoms with Crippen LogP contribution < -0.4 is 11.1 Å². The zero-order valence-electron chi connectivity index (χ0n) is 22.1. The molecule has 2 aliphatic rings. The molecule has 2 aromatic carbocycles. The Hall–Kier alpha value is -3.70. The Labute approximate surface area is 261 Å². The van der Waals surface area contributed by atoms with E-state index < -0.39 is 46.1 Å². The fourth-order valence-corrected chi connectivity index (χ4v) is 7.66. The van der Waals surface area contributed by atoms with Crippen LogP contribution in [0, 0.1) is 0 Å². The number of amides is 2. The minimum absolute atomic E-state index is 0.0403. The van der Waals surface area contributed by atoms with Gasteiger partial charge < -0.3 is 20.6 Å². The van der Waals surface area contributed by atoms with Crippen LogP contribution in [0.3, 0.4) is 0 Å². The Morgan fingerprint density at radius 3 is 2.38 bits per heavy atom.